The van der Waals surface area contributed by atoms with Crippen molar-refractivity contribution in [3.63, 3.8) is 0 Å². The topological polar surface area (TPSA) is 41.8 Å². The van der Waals surface area contributed by atoms with Gasteiger partial charge in [0, 0.05) is 29.8 Å². The fraction of sp³-hybridized carbons (Fsp3) is 0.278. The molecule has 110 valence electrons. The predicted octanol–water partition coefficient (Wildman–Crippen LogP) is 3.78. The standard InChI is InChI=1S/C18H21NO2/c1-18(2,14-8-6-5-7-9-14)16-11-15(21-4)10-13(12-19-3)17(16)20/h5-12,20H,1-4H3. The van der Waals surface area contributed by atoms with Crippen LogP contribution in [0.2, 0.25) is 0 Å². The van der Waals surface area contributed by atoms with Crippen LogP contribution in [0.15, 0.2) is 47.5 Å². The molecule has 0 atom stereocenters. The average molecular weight is 283 g/mol. The molecular weight excluding hydrogens is 262 g/mol. The van der Waals surface area contributed by atoms with Crippen LogP contribution in [0.3, 0.4) is 0 Å². The Bertz CT molecular complexity index is 646. The van der Waals surface area contributed by atoms with Crippen molar-refractivity contribution in [1.29, 1.82) is 0 Å². The molecule has 0 heterocycles. The lowest BCUT2D eigenvalue weighted by Gasteiger charge is -2.28. The van der Waals surface area contributed by atoms with E-state index in [-0.39, 0.29) is 11.2 Å². The van der Waals surface area contributed by atoms with Gasteiger partial charge >= 0.3 is 0 Å². The Morgan fingerprint density at radius 3 is 2.38 bits per heavy atom. The fourth-order valence-electron chi connectivity index (χ4n) is 2.47. The van der Waals surface area contributed by atoms with Crippen LogP contribution in [-0.4, -0.2) is 25.5 Å². The Morgan fingerprint density at radius 1 is 1.14 bits per heavy atom. The Morgan fingerprint density at radius 2 is 1.81 bits per heavy atom. The highest BCUT2D eigenvalue weighted by Gasteiger charge is 2.28. The van der Waals surface area contributed by atoms with E-state index in [1.165, 1.54) is 0 Å². The molecule has 0 amide bonds. The van der Waals surface area contributed by atoms with Crippen LogP contribution < -0.4 is 4.74 Å². The van der Waals surface area contributed by atoms with E-state index in [2.05, 4.69) is 31.0 Å². The molecule has 2 aromatic carbocycles. The fourth-order valence-corrected chi connectivity index (χ4v) is 2.47. The van der Waals surface area contributed by atoms with Gasteiger partial charge in [0.15, 0.2) is 0 Å². The highest BCUT2D eigenvalue weighted by atomic mass is 16.5. The van der Waals surface area contributed by atoms with Gasteiger partial charge in [-0.3, -0.25) is 4.99 Å². The third kappa shape index (κ3) is 2.92. The van der Waals surface area contributed by atoms with E-state index in [1.54, 1.807) is 26.4 Å². The van der Waals surface area contributed by atoms with Crippen LogP contribution in [0.5, 0.6) is 11.5 Å². The van der Waals surface area contributed by atoms with Gasteiger partial charge < -0.3 is 9.84 Å². The Balaban J connectivity index is 2.64. The predicted molar refractivity (Wildman–Crippen MR) is 86.7 cm³/mol. The molecule has 0 unspecified atom stereocenters. The Hall–Kier alpha value is -2.29. The van der Waals surface area contributed by atoms with Crippen LogP contribution in [0, 0.1) is 0 Å². The van der Waals surface area contributed by atoms with Gasteiger partial charge in [0.2, 0.25) is 0 Å². The molecule has 0 spiro atoms. The average Bonchev–Trinajstić information content (AvgIpc) is 2.50. The first-order valence-electron chi connectivity index (χ1n) is 6.90. The molecule has 0 radical (unpaired) electrons. The van der Waals surface area contributed by atoms with Crippen molar-refractivity contribution in [2.75, 3.05) is 14.2 Å². The molecule has 0 aliphatic heterocycles. The normalized spacial score (nSPS) is 11.8. The first-order valence-corrected chi connectivity index (χ1v) is 6.90. The van der Waals surface area contributed by atoms with Crippen LogP contribution >= 0.6 is 0 Å². The first kappa shape index (κ1) is 15.1. The maximum Gasteiger partial charge on any atom is 0.128 e. The van der Waals surface area contributed by atoms with Crippen molar-refractivity contribution in [2.24, 2.45) is 4.99 Å². The van der Waals surface area contributed by atoms with E-state index in [9.17, 15) is 5.11 Å². The third-order valence-corrected chi connectivity index (χ3v) is 3.79. The second kappa shape index (κ2) is 6.00. The van der Waals surface area contributed by atoms with Crippen LogP contribution in [0.1, 0.15) is 30.5 Å². The minimum Gasteiger partial charge on any atom is -0.507 e. The molecule has 21 heavy (non-hydrogen) atoms. The summed E-state index contributed by atoms with van der Waals surface area (Å²) in [6.07, 6.45) is 1.64. The van der Waals surface area contributed by atoms with Crippen LogP contribution in [-0.2, 0) is 5.41 Å². The number of hydrogen-bond acceptors (Lipinski definition) is 3. The zero-order valence-electron chi connectivity index (χ0n) is 12.9. The highest BCUT2D eigenvalue weighted by Crippen LogP contribution is 2.40. The van der Waals surface area contributed by atoms with Crippen molar-refractivity contribution in [3.8, 4) is 11.5 Å². The lowest BCUT2D eigenvalue weighted by molar-refractivity contribution is 0.407. The smallest absolute Gasteiger partial charge is 0.128 e. The van der Waals surface area contributed by atoms with Gasteiger partial charge in [0.25, 0.3) is 0 Å². The van der Waals surface area contributed by atoms with Gasteiger partial charge in [-0.2, -0.15) is 0 Å². The summed E-state index contributed by atoms with van der Waals surface area (Å²) in [4.78, 5) is 4.00. The van der Waals surface area contributed by atoms with Crippen LogP contribution in [0.4, 0.5) is 0 Å². The molecule has 1 N–H and O–H groups in total. The molecule has 2 aromatic rings. The van der Waals surface area contributed by atoms with Gasteiger partial charge in [-0.15, -0.1) is 0 Å². The zero-order valence-corrected chi connectivity index (χ0v) is 12.9. The summed E-state index contributed by atoms with van der Waals surface area (Å²) in [7, 11) is 3.31. The largest absolute Gasteiger partial charge is 0.507 e. The Kier molecular flexibility index (Phi) is 4.32. The van der Waals surface area contributed by atoms with Gasteiger partial charge in [-0.1, -0.05) is 44.2 Å². The lowest BCUT2D eigenvalue weighted by atomic mass is 9.77. The quantitative estimate of drug-likeness (QED) is 0.868. The summed E-state index contributed by atoms with van der Waals surface area (Å²) in [5.74, 6) is 0.956. The number of phenolic OH excluding ortho intramolecular Hbond substituents is 1. The maximum atomic E-state index is 10.6. The van der Waals surface area contributed by atoms with E-state index < -0.39 is 0 Å². The third-order valence-electron chi connectivity index (χ3n) is 3.79. The SMILES string of the molecule is CN=Cc1cc(OC)cc(C(C)(C)c2ccccc2)c1O. The number of ether oxygens (including phenoxy) is 1. The summed E-state index contributed by atoms with van der Waals surface area (Å²) in [5, 5.41) is 10.6. The molecule has 0 saturated heterocycles. The second-order valence-corrected chi connectivity index (χ2v) is 5.49. The summed E-state index contributed by atoms with van der Waals surface area (Å²) >= 11 is 0. The van der Waals surface area contributed by atoms with Gasteiger partial charge in [0.05, 0.1) is 7.11 Å². The van der Waals surface area contributed by atoms with Crippen LogP contribution in [0.25, 0.3) is 0 Å². The number of methoxy groups -OCH3 is 1. The van der Waals surface area contributed by atoms with E-state index in [4.69, 9.17) is 4.74 Å². The zero-order chi connectivity index (χ0) is 15.5. The molecule has 0 saturated carbocycles. The van der Waals surface area contributed by atoms with Gasteiger partial charge in [-0.05, 0) is 17.7 Å². The summed E-state index contributed by atoms with van der Waals surface area (Å²) in [5.41, 5.74) is 2.28. The van der Waals surface area contributed by atoms with E-state index in [0.717, 1.165) is 11.1 Å². The number of aliphatic imine (C=N–C) groups is 1. The molecule has 0 bridgehead atoms. The van der Waals surface area contributed by atoms with Crippen molar-refractivity contribution >= 4 is 6.21 Å². The number of benzene rings is 2. The maximum absolute atomic E-state index is 10.6. The molecule has 2 rings (SSSR count). The minimum atomic E-state index is -0.337. The number of nitrogens with zero attached hydrogens (tertiary/aromatic N) is 1. The molecule has 3 heteroatoms. The monoisotopic (exact) mass is 283 g/mol. The number of phenols is 1. The summed E-state index contributed by atoms with van der Waals surface area (Å²) < 4.78 is 5.36. The Labute approximate surface area is 125 Å². The highest BCUT2D eigenvalue weighted by molar-refractivity contribution is 5.85. The summed E-state index contributed by atoms with van der Waals surface area (Å²) in [6.45, 7) is 4.17. The van der Waals surface area contributed by atoms with Crippen molar-refractivity contribution in [1.82, 2.24) is 0 Å². The lowest BCUT2D eigenvalue weighted by Crippen LogP contribution is -2.19. The minimum absolute atomic E-state index is 0.246. The van der Waals surface area contributed by atoms with Crippen molar-refractivity contribution in [2.45, 2.75) is 19.3 Å². The summed E-state index contributed by atoms with van der Waals surface area (Å²) in [6, 6.07) is 13.8. The number of rotatable bonds is 4. The molecule has 0 aromatic heterocycles. The number of aromatic hydroxyl groups is 1. The van der Waals surface area contributed by atoms with Gasteiger partial charge in [0.1, 0.15) is 11.5 Å². The molecular formula is C18H21NO2. The van der Waals surface area contributed by atoms with Crippen molar-refractivity contribution < 1.29 is 9.84 Å². The molecule has 0 aliphatic rings. The molecule has 0 aliphatic carbocycles. The second-order valence-electron chi connectivity index (χ2n) is 5.49. The molecule has 3 nitrogen and oxygen atoms in total. The van der Waals surface area contributed by atoms with Gasteiger partial charge in [-0.25, -0.2) is 0 Å². The molecule has 0 fully saturated rings. The van der Waals surface area contributed by atoms with E-state index in [1.807, 2.05) is 24.3 Å². The van der Waals surface area contributed by atoms with E-state index >= 15 is 0 Å². The van der Waals surface area contributed by atoms with E-state index in [0.29, 0.717) is 11.3 Å². The van der Waals surface area contributed by atoms with Crippen molar-refractivity contribution in [3.05, 3.63) is 59.2 Å². The first-order chi connectivity index (χ1) is 10.0. The number of hydrogen-bond donors (Lipinski definition) is 1.